The van der Waals surface area contributed by atoms with Gasteiger partial charge in [0, 0.05) is 36.1 Å². The van der Waals surface area contributed by atoms with Gasteiger partial charge in [0.2, 0.25) is 5.95 Å². The van der Waals surface area contributed by atoms with Crippen molar-refractivity contribution in [3.05, 3.63) is 40.4 Å². The van der Waals surface area contributed by atoms with Crippen LogP contribution in [0.3, 0.4) is 0 Å². The van der Waals surface area contributed by atoms with E-state index in [1.165, 1.54) is 0 Å². The van der Waals surface area contributed by atoms with Crippen molar-refractivity contribution in [2.24, 2.45) is 0 Å². The highest BCUT2D eigenvalue weighted by atomic mass is 16.1. The van der Waals surface area contributed by atoms with Gasteiger partial charge in [-0.3, -0.25) is 14.3 Å². The Bertz CT molecular complexity index is 663. The molecule has 19 heavy (non-hydrogen) atoms. The second-order valence-electron chi connectivity index (χ2n) is 4.88. The van der Waals surface area contributed by atoms with Gasteiger partial charge < -0.3 is 5.32 Å². The van der Waals surface area contributed by atoms with E-state index in [9.17, 15) is 4.79 Å². The topological polar surface area (TPSA) is 59.8 Å². The molecule has 0 radical (unpaired) electrons. The van der Waals surface area contributed by atoms with Crippen molar-refractivity contribution in [3.63, 3.8) is 0 Å². The minimum Gasteiger partial charge on any atom is -0.355 e. The third kappa shape index (κ3) is 1.91. The van der Waals surface area contributed by atoms with Crippen LogP contribution in [0.25, 0.3) is 11.3 Å². The lowest BCUT2D eigenvalue weighted by molar-refractivity contribution is 0.475. The molecule has 0 amide bonds. The molecule has 0 aromatic carbocycles. The van der Waals surface area contributed by atoms with Crippen LogP contribution in [-0.4, -0.2) is 21.1 Å². The Kier molecular flexibility index (Phi) is 2.81. The first-order chi connectivity index (χ1) is 9.18. The molecule has 0 saturated heterocycles. The van der Waals surface area contributed by atoms with E-state index in [4.69, 9.17) is 0 Å². The lowest BCUT2D eigenvalue weighted by Crippen LogP contribution is -2.34. The summed E-state index contributed by atoms with van der Waals surface area (Å²) in [6, 6.07) is 3.94. The third-order valence-corrected chi connectivity index (χ3v) is 3.58. The average molecular weight is 256 g/mol. The molecule has 0 fully saturated rings. The van der Waals surface area contributed by atoms with Crippen LogP contribution in [0.15, 0.2) is 29.3 Å². The molecule has 1 aliphatic heterocycles. The summed E-state index contributed by atoms with van der Waals surface area (Å²) >= 11 is 0. The lowest BCUT2D eigenvalue weighted by Gasteiger charge is -2.26. The quantitative estimate of drug-likeness (QED) is 0.847. The number of aromatic nitrogens is 3. The predicted octanol–water partition coefficient (Wildman–Crippen LogP) is 1.99. The van der Waals surface area contributed by atoms with Gasteiger partial charge in [0.25, 0.3) is 5.56 Å². The van der Waals surface area contributed by atoms with Crippen molar-refractivity contribution < 1.29 is 0 Å². The first-order valence-electron chi connectivity index (χ1n) is 6.46. The van der Waals surface area contributed by atoms with E-state index in [0.717, 1.165) is 24.2 Å². The maximum Gasteiger partial charge on any atom is 0.258 e. The Morgan fingerprint density at radius 1 is 1.37 bits per heavy atom. The molecule has 3 heterocycles. The number of rotatable bonds is 1. The van der Waals surface area contributed by atoms with Crippen LogP contribution >= 0.6 is 0 Å². The summed E-state index contributed by atoms with van der Waals surface area (Å²) in [6.07, 6.45) is 4.37. The zero-order valence-electron chi connectivity index (χ0n) is 11.1. The fraction of sp³-hybridized carbons (Fsp3) is 0.357. The zero-order chi connectivity index (χ0) is 13.4. The number of anilines is 1. The minimum absolute atomic E-state index is 0.0384. The van der Waals surface area contributed by atoms with Crippen molar-refractivity contribution in [2.45, 2.75) is 26.3 Å². The Morgan fingerprint density at radius 3 is 2.84 bits per heavy atom. The van der Waals surface area contributed by atoms with Crippen LogP contribution in [0.4, 0.5) is 5.95 Å². The molecule has 0 aliphatic carbocycles. The number of hydrogen-bond donors (Lipinski definition) is 1. The van der Waals surface area contributed by atoms with Gasteiger partial charge in [-0.2, -0.15) is 0 Å². The molecule has 1 unspecified atom stereocenters. The van der Waals surface area contributed by atoms with E-state index in [1.54, 1.807) is 17.0 Å². The summed E-state index contributed by atoms with van der Waals surface area (Å²) in [7, 11) is 0. The van der Waals surface area contributed by atoms with Crippen LogP contribution in [-0.2, 0) is 0 Å². The smallest absolute Gasteiger partial charge is 0.258 e. The molecule has 1 atom stereocenters. The second kappa shape index (κ2) is 4.50. The maximum absolute atomic E-state index is 12.5. The molecule has 98 valence electrons. The lowest BCUT2D eigenvalue weighted by atomic mass is 10.1. The van der Waals surface area contributed by atoms with Crippen molar-refractivity contribution in [1.82, 2.24) is 14.5 Å². The van der Waals surface area contributed by atoms with Gasteiger partial charge in [-0.15, -0.1) is 0 Å². The van der Waals surface area contributed by atoms with Crippen molar-refractivity contribution in [1.29, 1.82) is 0 Å². The van der Waals surface area contributed by atoms with E-state index >= 15 is 0 Å². The van der Waals surface area contributed by atoms with Crippen LogP contribution in [0.5, 0.6) is 0 Å². The highest BCUT2D eigenvalue weighted by Gasteiger charge is 2.21. The molecule has 5 heteroatoms. The van der Waals surface area contributed by atoms with Crippen LogP contribution in [0, 0.1) is 6.92 Å². The summed E-state index contributed by atoms with van der Waals surface area (Å²) in [5.74, 6) is 0.668. The molecule has 2 aromatic rings. The van der Waals surface area contributed by atoms with E-state index in [2.05, 4.69) is 22.2 Å². The molecule has 1 aliphatic rings. The van der Waals surface area contributed by atoms with Gasteiger partial charge in [-0.1, -0.05) is 0 Å². The van der Waals surface area contributed by atoms with Crippen LogP contribution < -0.4 is 10.9 Å². The van der Waals surface area contributed by atoms with Gasteiger partial charge in [0.1, 0.15) is 0 Å². The largest absolute Gasteiger partial charge is 0.355 e. The first kappa shape index (κ1) is 11.9. The number of nitrogens with one attached hydrogen (secondary N) is 1. The summed E-state index contributed by atoms with van der Waals surface area (Å²) in [5.41, 5.74) is 2.38. The van der Waals surface area contributed by atoms with E-state index in [-0.39, 0.29) is 11.6 Å². The molecular weight excluding hydrogens is 240 g/mol. The summed E-state index contributed by atoms with van der Waals surface area (Å²) < 4.78 is 1.75. The van der Waals surface area contributed by atoms with Crippen LogP contribution in [0.2, 0.25) is 0 Å². The molecule has 5 nitrogen and oxygen atoms in total. The van der Waals surface area contributed by atoms with E-state index in [1.807, 2.05) is 19.1 Å². The van der Waals surface area contributed by atoms with Gasteiger partial charge in [-0.25, -0.2) is 4.98 Å². The van der Waals surface area contributed by atoms with Gasteiger partial charge in [0.05, 0.1) is 5.69 Å². The van der Waals surface area contributed by atoms with E-state index in [0.29, 0.717) is 11.5 Å². The number of pyridine rings is 1. The molecule has 0 bridgehead atoms. The molecule has 0 spiro atoms. The number of fused-ring (bicyclic) bond motifs is 1. The van der Waals surface area contributed by atoms with Crippen molar-refractivity contribution in [2.75, 3.05) is 11.9 Å². The minimum atomic E-state index is 0.0384. The highest BCUT2D eigenvalue weighted by Crippen LogP contribution is 2.24. The Morgan fingerprint density at radius 2 is 2.11 bits per heavy atom. The third-order valence-electron chi connectivity index (χ3n) is 3.58. The monoisotopic (exact) mass is 256 g/mol. The van der Waals surface area contributed by atoms with Crippen LogP contribution in [0.1, 0.15) is 24.9 Å². The second-order valence-corrected chi connectivity index (χ2v) is 4.88. The number of nitrogens with zero attached hydrogens (tertiary/aromatic N) is 3. The molecule has 0 saturated carbocycles. The first-order valence-corrected chi connectivity index (χ1v) is 6.46. The highest BCUT2D eigenvalue weighted by molar-refractivity contribution is 5.63. The Balaban J connectivity index is 2.24. The van der Waals surface area contributed by atoms with Gasteiger partial charge >= 0.3 is 0 Å². The maximum atomic E-state index is 12.5. The molecular formula is C14H16N4O. The molecule has 2 aromatic heterocycles. The zero-order valence-corrected chi connectivity index (χ0v) is 11.1. The summed E-state index contributed by atoms with van der Waals surface area (Å²) in [5, 5.41) is 3.21. The molecule has 1 N–H and O–H groups in total. The Labute approximate surface area is 111 Å². The molecule has 3 rings (SSSR count). The fourth-order valence-corrected chi connectivity index (χ4v) is 2.47. The SMILES string of the molecule is Cc1c(-c2ccncc2)nc2n(c1=O)C(C)CCN2. The normalized spacial score (nSPS) is 17.7. The summed E-state index contributed by atoms with van der Waals surface area (Å²) in [4.78, 5) is 21.1. The standard InChI is InChI=1S/C14H16N4O/c1-9-3-8-16-14-17-12(10(2)13(19)18(9)14)11-4-6-15-7-5-11/h4-7,9H,3,8H2,1-2H3,(H,16,17). The predicted molar refractivity (Wildman–Crippen MR) is 74.3 cm³/mol. The number of hydrogen-bond acceptors (Lipinski definition) is 4. The fourth-order valence-electron chi connectivity index (χ4n) is 2.47. The van der Waals surface area contributed by atoms with Gasteiger partial charge in [0.15, 0.2) is 0 Å². The van der Waals surface area contributed by atoms with Crippen molar-refractivity contribution >= 4 is 5.95 Å². The van der Waals surface area contributed by atoms with Crippen molar-refractivity contribution in [3.8, 4) is 11.3 Å². The van der Waals surface area contributed by atoms with E-state index < -0.39 is 0 Å². The summed E-state index contributed by atoms with van der Waals surface area (Å²) in [6.45, 7) is 4.74. The van der Waals surface area contributed by atoms with Gasteiger partial charge in [-0.05, 0) is 32.4 Å². The Hall–Kier alpha value is -2.17. The average Bonchev–Trinajstić information content (AvgIpc) is 2.43.